The average molecular weight is 318 g/mol. The van der Waals surface area contributed by atoms with Crippen LogP contribution in [-0.4, -0.2) is 12.5 Å². The third kappa shape index (κ3) is 5.41. The van der Waals surface area contributed by atoms with Gasteiger partial charge in [-0.1, -0.05) is 23.7 Å². The Balaban J connectivity index is 1.74. The first-order chi connectivity index (χ1) is 10.7. The third-order valence-corrected chi connectivity index (χ3v) is 3.48. The second-order valence-corrected chi connectivity index (χ2v) is 5.42. The third-order valence-electron chi connectivity index (χ3n) is 3.23. The highest BCUT2D eigenvalue weighted by Gasteiger charge is 2.03. The van der Waals surface area contributed by atoms with Gasteiger partial charge in [0.05, 0.1) is 6.61 Å². The van der Waals surface area contributed by atoms with E-state index in [2.05, 4.69) is 5.32 Å². The molecule has 22 heavy (non-hydrogen) atoms. The van der Waals surface area contributed by atoms with E-state index in [4.69, 9.17) is 16.3 Å². The standard InChI is InChI=1S/C18H20ClNO2/c1-2-22-17-12-10-16(11-13-17)20-18(21)5-3-4-14-6-8-15(19)9-7-14/h6-13H,2-5H2,1H3,(H,20,21). The number of carbonyl (C=O) groups is 1. The first kappa shape index (κ1) is 16.4. The van der Waals surface area contributed by atoms with Gasteiger partial charge in [0.1, 0.15) is 5.75 Å². The Labute approximate surface area is 136 Å². The van der Waals surface area contributed by atoms with Gasteiger partial charge in [-0.25, -0.2) is 0 Å². The molecule has 116 valence electrons. The summed E-state index contributed by atoms with van der Waals surface area (Å²) in [7, 11) is 0. The van der Waals surface area contributed by atoms with Crippen LogP contribution < -0.4 is 10.1 Å². The molecular formula is C18H20ClNO2. The van der Waals surface area contributed by atoms with Crippen LogP contribution in [0, 0.1) is 0 Å². The average Bonchev–Trinajstić information content (AvgIpc) is 2.51. The van der Waals surface area contributed by atoms with Gasteiger partial charge in [0.15, 0.2) is 0 Å². The lowest BCUT2D eigenvalue weighted by atomic mass is 10.1. The number of aryl methyl sites for hydroxylation is 1. The second-order valence-electron chi connectivity index (χ2n) is 4.99. The minimum Gasteiger partial charge on any atom is -0.494 e. The van der Waals surface area contributed by atoms with E-state index in [1.807, 2.05) is 55.5 Å². The van der Waals surface area contributed by atoms with Crippen LogP contribution in [0.5, 0.6) is 5.75 Å². The number of hydrogen-bond acceptors (Lipinski definition) is 2. The van der Waals surface area contributed by atoms with Crippen LogP contribution in [0.1, 0.15) is 25.3 Å². The van der Waals surface area contributed by atoms with Crippen LogP contribution >= 0.6 is 11.6 Å². The molecule has 0 spiro atoms. The molecule has 0 bridgehead atoms. The van der Waals surface area contributed by atoms with Crippen LogP contribution in [0.3, 0.4) is 0 Å². The molecule has 0 aromatic heterocycles. The number of nitrogens with one attached hydrogen (secondary N) is 1. The van der Waals surface area contributed by atoms with E-state index in [9.17, 15) is 4.79 Å². The molecule has 1 N–H and O–H groups in total. The normalized spacial score (nSPS) is 10.3. The first-order valence-electron chi connectivity index (χ1n) is 7.44. The van der Waals surface area contributed by atoms with E-state index in [1.54, 1.807) is 0 Å². The van der Waals surface area contributed by atoms with Crippen LogP contribution in [-0.2, 0) is 11.2 Å². The molecule has 0 fully saturated rings. The van der Waals surface area contributed by atoms with E-state index < -0.39 is 0 Å². The van der Waals surface area contributed by atoms with Crippen LogP contribution in [0.2, 0.25) is 5.02 Å². The Bertz CT molecular complexity index is 593. The highest BCUT2D eigenvalue weighted by atomic mass is 35.5. The molecule has 2 aromatic carbocycles. The van der Waals surface area contributed by atoms with Crippen LogP contribution in [0.15, 0.2) is 48.5 Å². The number of ether oxygens (including phenoxy) is 1. The number of halogens is 1. The molecule has 2 aromatic rings. The number of rotatable bonds is 7. The number of carbonyl (C=O) groups excluding carboxylic acids is 1. The van der Waals surface area contributed by atoms with Crippen molar-refractivity contribution in [3.05, 3.63) is 59.1 Å². The highest BCUT2D eigenvalue weighted by Crippen LogP contribution is 2.16. The quantitative estimate of drug-likeness (QED) is 0.803. The Morgan fingerprint density at radius 2 is 1.77 bits per heavy atom. The fourth-order valence-electron chi connectivity index (χ4n) is 2.13. The molecule has 0 radical (unpaired) electrons. The molecule has 3 nitrogen and oxygen atoms in total. The Morgan fingerprint density at radius 3 is 2.41 bits per heavy atom. The largest absolute Gasteiger partial charge is 0.494 e. The summed E-state index contributed by atoms with van der Waals surface area (Å²) in [6, 6.07) is 15.1. The molecule has 4 heteroatoms. The molecule has 1 amide bonds. The lowest BCUT2D eigenvalue weighted by molar-refractivity contribution is -0.116. The van der Waals surface area contributed by atoms with Crippen molar-refractivity contribution in [1.82, 2.24) is 0 Å². The Morgan fingerprint density at radius 1 is 1.09 bits per heavy atom. The monoisotopic (exact) mass is 317 g/mol. The van der Waals surface area contributed by atoms with Gasteiger partial charge in [-0.2, -0.15) is 0 Å². The summed E-state index contributed by atoms with van der Waals surface area (Å²) in [5, 5.41) is 3.62. The van der Waals surface area contributed by atoms with Gasteiger partial charge in [0.2, 0.25) is 5.91 Å². The molecule has 0 aliphatic carbocycles. The molecule has 0 aliphatic rings. The van der Waals surface area contributed by atoms with E-state index >= 15 is 0 Å². The molecule has 0 unspecified atom stereocenters. The van der Waals surface area contributed by atoms with Crippen molar-refractivity contribution in [1.29, 1.82) is 0 Å². The van der Waals surface area contributed by atoms with E-state index in [0.717, 1.165) is 29.3 Å². The topological polar surface area (TPSA) is 38.3 Å². The van der Waals surface area contributed by atoms with Crippen molar-refractivity contribution in [2.75, 3.05) is 11.9 Å². The number of amides is 1. The summed E-state index contributed by atoms with van der Waals surface area (Å²) in [4.78, 5) is 11.9. The fourth-order valence-corrected chi connectivity index (χ4v) is 2.25. The maximum absolute atomic E-state index is 11.9. The molecular weight excluding hydrogens is 298 g/mol. The SMILES string of the molecule is CCOc1ccc(NC(=O)CCCc2ccc(Cl)cc2)cc1. The zero-order valence-electron chi connectivity index (χ0n) is 12.6. The van der Waals surface area contributed by atoms with Gasteiger partial charge in [-0.3, -0.25) is 4.79 Å². The zero-order valence-corrected chi connectivity index (χ0v) is 13.4. The van der Waals surface area contributed by atoms with Crippen molar-refractivity contribution in [2.45, 2.75) is 26.2 Å². The molecule has 0 saturated heterocycles. The molecule has 0 heterocycles. The first-order valence-corrected chi connectivity index (χ1v) is 7.82. The van der Waals surface area contributed by atoms with Gasteiger partial charge in [0.25, 0.3) is 0 Å². The zero-order chi connectivity index (χ0) is 15.8. The lowest BCUT2D eigenvalue weighted by Crippen LogP contribution is -2.11. The van der Waals surface area contributed by atoms with Crippen LogP contribution in [0.25, 0.3) is 0 Å². The van der Waals surface area contributed by atoms with Gasteiger partial charge in [-0.15, -0.1) is 0 Å². The Kier molecular flexibility index (Phi) is 6.28. The predicted octanol–water partition coefficient (Wildman–Crippen LogP) is 4.70. The predicted molar refractivity (Wildman–Crippen MR) is 90.6 cm³/mol. The van der Waals surface area contributed by atoms with Gasteiger partial charge in [-0.05, 0) is 61.7 Å². The fraction of sp³-hybridized carbons (Fsp3) is 0.278. The number of benzene rings is 2. The van der Waals surface area contributed by atoms with Crippen LogP contribution in [0.4, 0.5) is 5.69 Å². The van der Waals surface area contributed by atoms with Gasteiger partial charge < -0.3 is 10.1 Å². The van der Waals surface area contributed by atoms with E-state index in [0.29, 0.717) is 13.0 Å². The van der Waals surface area contributed by atoms with E-state index in [1.165, 1.54) is 5.56 Å². The van der Waals surface area contributed by atoms with E-state index in [-0.39, 0.29) is 5.91 Å². The van der Waals surface area contributed by atoms with Crippen molar-refractivity contribution in [3.8, 4) is 5.75 Å². The second kappa shape index (κ2) is 8.44. The molecule has 0 atom stereocenters. The Hall–Kier alpha value is -2.00. The lowest BCUT2D eigenvalue weighted by Gasteiger charge is -2.07. The molecule has 0 saturated carbocycles. The smallest absolute Gasteiger partial charge is 0.224 e. The molecule has 0 aliphatic heterocycles. The summed E-state index contributed by atoms with van der Waals surface area (Å²) in [5.74, 6) is 0.835. The number of hydrogen-bond donors (Lipinski definition) is 1. The molecule has 2 rings (SSSR count). The summed E-state index contributed by atoms with van der Waals surface area (Å²) in [6.45, 7) is 2.58. The van der Waals surface area contributed by atoms with Crippen molar-refractivity contribution < 1.29 is 9.53 Å². The van der Waals surface area contributed by atoms with Crippen molar-refractivity contribution >= 4 is 23.2 Å². The van der Waals surface area contributed by atoms with Gasteiger partial charge >= 0.3 is 0 Å². The summed E-state index contributed by atoms with van der Waals surface area (Å²) in [5.41, 5.74) is 1.98. The maximum Gasteiger partial charge on any atom is 0.224 e. The minimum absolute atomic E-state index is 0.0260. The number of anilines is 1. The summed E-state index contributed by atoms with van der Waals surface area (Å²) in [6.07, 6.45) is 2.17. The minimum atomic E-state index is 0.0260. The van der Waals surface area contributed by atoms with Crippen molar-refractivity contribution in [3.63, 3.8) is 0 Å². The maximum atomic E-state index is 11.9. The van der Waals surface area contributed by atoms with Gasteiger partial charge in [0, 0.05) is 17.1 Å². The summed E-state index contributed by atoms with van der Waals surface area (Å²) < 4.78 is 5.37. The van der Waals surface area contributed by atoms with Crippen molar-refractivity contribution in [2.24, 2.45) is 0 Å². The summed E-state index contributed by atoms with van der Waals surface area (Å²) >= 11 is 5.84. The highest BCUT2D eigenvalue weighted by molar-refractivity contribution is 6.30.